The van der Waals surface area contributed by atoms with Crippen LogP contribution in [0.5, 0.6) is 11.6 Å². The van der Waals surface area contributed by atoms with Gasteiger partial charge in [0.25, 0.3) is 0 Å². The molecule has 17 heavy (non-hydrogen) atoms. The summed E-state index contributed by atoms with van der Waals surface area (Å²) in [6.45, 7) is 3.28. The van der Waals surface area contributed by atoms with Crippen LogP contribution in [-0.4, -0.2) is 21.9 Å². The minimum atomic E-state index is 0.423. The highest BCUT2D eigenvalue weighted by Crippen LogP contribution is 2.17. The van der Waals surface area contributed by atoms with E-state index in [0.29, 0.717) is 12.5 Å². The molecule has 2 aromatic rings. The maximum atomic E-state index is 5.61. The van der Waals surface area contributed by atoms with Crippen LogP contribution in [0.25, 0.3) is 0 Å². The Morgan fingerprint density at radius 3 is 3.00 bits per heavy atom. The van der Waals surface area contributed by atoms with Gasteiger partial charge in [-0.3, -0.25) is 4.68 Å². The fourth-order valence-corrected chi connectivity index (χ4v) is 1.47. The topological polar surface area (TPSA) is 49.2 Å². The van der Waals surface area contributed by atoms with Gasteiger partial charge in [-0.1, -0.05) is 0 Å². The molecule has 5 nitrogen and oxygen atoms in total. The number of methoxy groups -OCH3 is 1. The summed E-state index contributed by atoms with van der Waals surface area (Å²) in [6.07, 6.45) is 5.26. The zero-order valence-electron chi connectivity index (χ0n) is 9.96. The van der Waals surface area contributed by atoms with E-state index in [0.717, 1.165) is 17.9 Å². The number of aromatic nitrogens is 3. The summed E-state index contributed by atoms with van der Waals surface area (Å²) < 4.78 is 12.6. The Balaban J connectivity index is 2.01. The zero-order valence-corrected chi connectivity index (χ0v) is 9.96. The van der Waals surface area contributed by atoms with E-state index < -0.39 is 0 Å². The van der Waals surface area contributed by atoms with Crippen LogP contribution in [0.1, 0.15) is 12.5 Å². The molecular formula is C12H15N3O2. The highest BCUT2D eigenvalue weighted by atomic mass is 16.5. The van der Waals surface area contributed by atoms with Gasteiger partial charge in [0.15, 0.2) is 5.75 Å². The predicted molar refractivity (Wildman–Crippen MR) is 63.0 cm³/mol. The van der Waals surface area contributed by atoms with E-state index in [-0.39, 0.29) is 0 Å². The number of ether oxygens (including phenoxy) is 2. The van der Waals surface area contributed by atoms with Gasteiger partial charge in [0.1, 0.15) is 6.61 Å². The van der Waals surface area contributed by atoms with E-state index >= 15 is 0 Å². The molecule has 0 unspecified atom stereocenters. The van der Waals surface area contributed by atoms with E-state index in [9.17, 15) is 0 Å². The first-order chi connectivity index (χ1) is 8.33. The molecule has 0 bridgehead atoms. The molecule has 0 saturated carbocycles. The number of hydrogen-bond donors (Lipinski definition) is 0. The largest absolute Gasteiger partial charge is 0.485 e. The number of nitrogens with zero attached hydrogens (tertiary/aromatic N) is 3. The van der Waals surface area contributed by atoms with Crippen LogP contribution < -0.4 is 9.47 Å². The molecule has 90 valence electrons. The number of pyridine rings is 1. The Bertz CT molecular complexity index is 482. The number of aryl methyl sites for hydroxylation is 1. The number of hydrogen-bond acceptors (Lipinski definition) is 4. The lowest BCUT2D eigenvalue weighted by atomic mass is 10.3. The lowest BCUT2D eigenvalue weighted by Gasteiger charge is -2.07. The predicted octanol–water partition coefficient (Wildman–Crippen LogP) is 1.89. The first-order valence-corrected chi connectivity index (χ1v) is 5.46. The van der Waals surface area contributed by atoms with E-state index in [1.165, 1.54) is 0 Å². The Hall–Kier alpha value is -2.04. The van der Waals surface area contributed by atoms with E-state index in [4.69, 9.17) is 9.47 Å². The Labute approximate surface area is 100 Å². The van der Waals surface area contributed by atoms with Gasteiger partial charge in [-0.05, 0) is 19.1 Å². The number of rotatable bonds is 5. The van der Waals surface area contributed by atoms with Crippen molar-refractivity contribution in [1.29, 1.82) is 0 Å². The minimum absolute atomic E-state index is 0.423. The molecule has 0 saturated heterocycles. The SMILES string of the molecule is CCn1cc(OCc2cccnc2OC)cn1. The summed E-state index contributed by atoms with van der Waals surface area (Å²) in [5.74, 6) is 1.34. The first kappa shape index (κ1) is 11.4. The van der Waals surface area contributed by atoms with Crippen LogP contribution in [0, 0.1) is 0 Å². The average Bonchev–Trinajstić information content (AvgIpc) is 2.84. The van der Waals surface area contributed by atoms with Gasteiger partial charge in [-0.2, -0.15) is 5.10 Å². The Morgan fingerprint density at radius 2 is 2.29 bits per heavy atom. The van der Waals surface area contributed by atoms with Crippen molar-refractivity contribution in [3.8, 4) is 11.6 Å². The normalized spacial score (nSPS) is 10.2. The van der Waals surface area contributed by atoms with Gasteiger partial charge in [0.2, 0.25) is 5.88 Å². The third kappa shape index (κ3) is 2.75. The first-order valence-electron chi connectivity index (χ1n) is 5.46. The molecule has 5 heteroatoms. The van der Waals surface area contributed by atoms with Crippen molar-refractivity contribution in [3.05, 3.63) is 36.3 Å². The summed E-state index contributed by atoms with van der Waals surface area (Å²) in [6, 6.07) is 3.78. The van der Waals surface area contributed by atoms with E-state index in [2.05, 4.69) is 10.1 Å². The fourth-order valence-electron chi connectivity index (χ4n) is 1.47. The minimum Gasteiger partial charge on any atom is -0.485 e. The van der Waals surface area contributed by atoms with Crippen molar-refractivity contribution in [2.24, 2.45) is 0 Å². The molecule has 0 aliphatic carbocycles. The van der Waals surface area contributed by atoms with Crippen LogP contribution in [0.15, 0.2) is 30.7 Å². The Kier molecular flexibility index (Phi) is 3.59. The van der Waals surface area contributed by atoms with Crippen molar-refractivity contribution in [3.63, 3.8) is 0 Å². The van der Waals surface area contributed by atoms with E-state index in [1.807, 2.05) is 29.9 Å². The molecule has 0 aliphatic heterocycles. The second kappa shape index (κ2) is 5.34. The molecule has 2 heterocycles. The van der Waals surface area contributed by atoms with Crippen molar-refractivity contribution < 1.29 is 9.47 Å². The second-order valence-corrected chi connectivity index (χ2v) is 3.49. The summed E-state index contributed by atoms with van der Waals surface area (Å²) in [5, 5.41) is 4.13. The fraction of sp³-hybridized carbons (Fsp3) is 0.333. The lowest BCUT2D eigenvalue weighted by molar-refractivity contribution is 0.293. The zero-order chi connectivity index (χ0) is 12.1. The highest BCUT2D eigenvalue weighted by Gasteiger charge is 2.05. The van der Waals surface area contributed by atoms with Gasteiger partial charge in [0, 0.05) is 12.7 Å². The monoisotopic (exact) mass is 233 g/mol. The molecule has 0 N–H and O–H groups in total. The highest BCUT2D eigenvalue weighted by molar-refractivity contribution is 5.25. The van der Waals surface area contributed by atoms with Crippen LogP contribution >= 0.6 is 0 Å². The maximum Gasteiger partial charge on any atom is 0.219 e. The molecule has 0 aromatic carbocycles. The van der Waals surface area contributed by atoms with Crippen molar-refractivity contribution in [2.45, 2.75) is 20.1 Å². The third-order valence-electron chi connectivity index (χ3n) is 2.37. The maximum absolute atomic E-state index is 5.61. The van der Waals surface area contributed by atoms with E-state index in [1.54, 1.807) is 19.5 Å². The Morgan fingerprint density at radius 1 is 1.41 bits per heavy atom. The summed E-state index contributed by atoms with van der Waals surface area (Å²) in [4.78, 5) is 4.11. The molecular weight excluding hydrogens is 218 g/mol. The van der Waals surface area contributed by atoms with Gasteiger partial charge in [0.05, 0.1) is 25.1 Å². The average molecular weight is 233 g/mol. The molecule has 0 aliphatic rings. The molecule has 0 amide bonds. The van der Waals surface area contributed by atoms with Crippen LogP contribution in [0.2, 0.25) is 0 Å². The standard InChI is InChI=1S/C12H15N3O2/c1-3-15-8-11(7-14-15)17-9-10-5-4-6-13-12(10)16-2/h4-8H,3,9H2,1-2H3. The molecule has 2 aromatic heterocycles. The molecule has 0 fully saturated rings. The van der Waals surface area contributed by atoms with Crippen LogP contribution in [0.3, 0.4) is 0 Å². The van der Waals surface area contributed by atoms with Gasteiger partial charge >= 0.3 is 0 Å². The van der Waals surface area contributed by atoms with Gasteiger partial charge < -0.3 is 9.47 Å². The molecule has 0 radical (unpaired) electrons. The molecule has 0 atom stereocenters. The molecule has 0 spiro atoms. The van der Waals surface area contributed by atoms with Crippen LogP contribution in [-0.2, 0) is 13.2 Å². The third-order valence-corrected chi connectivity index (χ3v) is 2.37. The lowest BCUT2D eigenvalue weighted by Crippen LogP contribution is -1.99. The van der Waals surface area contributed by atoms with Crippen molar-refractivity contribution in [2.75, 3.05) is 7.11 Å². The summed E-state index contributed by atoms with van der Waals surface area (Å²) in [5.41, 5.74) is 0.916. The quantitative estimate of drug-likeness (QED) is 0.791. The van der Waals surface area contributed by atoms with Crippen LogP contribution in [0.4, 0.5) is 0 Å². The van der Waals surface area contributed by atoms with Crippen molar-refractivity contribution in [1.82, 2.24) is 14.8 Å². The van der Waals surface area contributed by atoms with Gasteiger partial charge in [-0.25, -0.2) is 4.98 Å². The van der Waals surface area contributed by atoms with Crippen molar-refractivity contribution >= 4 is 0 Å². The van der Waals surface area contributed by atoms with Gasteiger partial charge in [-0.15, -0.1) is 0 Å². The smallest absolute Gasteiger partial charge is 0.219 e. The summed E-state index contributed by atoms with van der Waals surface area (Å²) in [7, 11) is 1.60. The molecule has 2 rings (SSSR count). The second-order valence-electron chi connectivity index (χ2n) is 3.49. The summed E-state index contributed by atoms with van der Waals surface area (Å²) >= 11 is 0.